The van der Waals surface area contributed by atoms with Crippen molar-refractivity contribution in [3.05, 3.63) is 46.8 Å². The molecule has 0 saturated carbocycles. The summed E-state index contributed by atoms with van der Waals surface area (Å²) in [5.74, 6) is -0.233. The van der Waals surface area contributed by atoms with Gasteiger partial charge in [-0.2, -0.15) is 0 Å². The Kier molecular flexibility index (Phi) is 8.42. The van der Waals surface area contributed by atoms with Gasteiger partial charge in [-0.3, -0.25) is 9.48 Å². The molecule has 7 heteroatoms. The van der Waals surface area contributed by atoms with Gasteiger partial charge in [0.2, 0.25) is 0 Å². The molecule has 1 atom stereocenters. The summed E-state index contributed by atoms with van der Waals surface area (Å²) in [5, 5.41) is 18.0. The SMILES string of the molecule is CCCn1cc(CCC(CC(=O)OCC)c2ccc(CN)c(CO)c2)nn1. The average molecular weight is 374 g/mol. The van der Waals surface area contributed by atoms with Gasteiger partial charge in [0, 0.05) is 19.3 Å². The fourth-order valence-corrected chi connectivity index (χ4v) is 3.17. The highest BCUT2D eigenvalue weighted by Crippen LogP contribution is 2.28. The number of nitrogens with two attached hydrogens (primary N) is 1. The number of aliphatic hydroxyl groups excluding tert-OH is 1. The standard InChI is InChI=1S/C20H30N4O3/c1-3-9-24-13-19(22-23-24)8-7-16(11-20(26)27-4-2)15-5-6-17(12-21)18(10-15)14-25/h5-6,10,13,16,25H,3-4,7-9,11-12,14,21H2,1-2H3. The minimum atomic E-state index is -0.217. The Hall–Kier alpha value is -2.25. The molecule has 3 N–H and O–H groups in total. The lowest BCUT2D eigenvalue weighted by atomic mass is 9.88. The van der Waals surface area contributed by atoms with E-state index in [4.69, 9.17) is 10.5 Å². The molecule has 0 bridgehead atoms. The van der Waals surface area contributed by atoms with E-state index in [1.807, 2.05) is 29.1 Å². The zero-order chi connectivity index (χ0) is 19.6. The minimum absolute atomic E-state index is 0.0162. The Balaban J connectivity index is 2.16. The molecule has 0 aliphatic rings. The molecule has 2 aromatic rings. The van der Waals surface area contributed by atoms with Crippen molar-refractivity contribution in [2.75, 3.05) is 6.61 Å². The first-order valence-corrected chi connectivity index (χ1v) is 9.58. The van der Waals surface area contributed by atoms with Crippen molar-refractivity contribution in [1.29, 1.82) is 0 Å². The predicted molar refractivity (Wildman–Crippen MR) is 103 cm³/mol. The zero-order valence-corrected chi connectivity index (χ0v) is 16.2. The Morgan fingerprint density at radius 1 is 1.33 bits per heavy atom. The molecule has 1 unspecified atom stereocenters. The summed E-state index contributed by atoms with van der Waals surface area (Å²) < 4.78 is 6.99. The Morgan fingerprint density at radius 2 is 2.15 bits per heavy atom. The molecule has 0 aliphatic heterocycles. The van der Waals surface area contributed by atoms with Crippen LogP contribution in [-0.4, -0.2) is 32.7 Å². The monoisotopic (exact) mass is 374 g/mol. The van der Waals surface area contributed by atoms with Gasteiger partial charge >= 0.3 is 5.97 Å². The van der Waals surface area contributed by atoms with E-state index in [1.54, 1.807) is 6.92 Å². The number of esters is 1. The van der Waals surface area contributed by atoms with Gasteiger partial charge in [-0.15, -0.1) is 5.10 Å². The molecule has 27 heavy (non-hydrogen) atoms. The van der Waals surface area contributed by atoms with Crippen LogP contribution in [0.1, 0.15) is 61.4 Å². The maximum atomic E-state index is 12.1. The lowest BCUT2D eigenvalue weighted by Gasteiger charge is -2.18. The van der Waals surface area contributed by atoms with Gasteiger partial charge in [-0.1, -0.05) is 30.3 Å². The van der Waals surface area contributed by atoms with Crippen LogP contribution in [0.2, 0.25) is 0 Å². The third-order valence-corrected chi connectivity index (χ3v) is 4.60. The van der Waals surface area contributed by atoms with E-state index >= 15 is 0 Å². The molecule has 0 radical (unpaired) electrons. The second kappa shape index (κ2) is 10.8. The predicted octanol–water partition coefficient (Wildman–Crippen LogP) is 2.31. The number of aliphatic hydroxyl groups is 1. The summed E-state index contributed by atoms with van der Waals surface area (Å²) in [6.07, 6.45) is 4.73. The average Bonchev–Trinajstić information content (AvgIpc) is 3.12. The van der Waals surface area contributed by atoms with Crippen LogP contribution in [0.3, 0.4) is 0 Å². The van der Waals surface area contributed by atoms with Gasteiger partial charge in [-0.25, -0.2) is 0 Å². The van der Waals surface area contributed by atoms with Crippen molar-refractivity contribution < 1.29 is 14.6 Å². The van der Waals surface area contributed by atoms with Gasteiger partial charge in [0.1, 0.15) is 0 Å². The maximum absolute atomic E-state index is 12.1. The highest BCUT2D eigenvalue weighted by molar-refractivity contribution is 5.70. The van der Waals surface area contributed by atoms with Crippen LogP contribution >= 0.6 is 0 Å². The largest absolute Gasteiger partial charge is 0.466 e. The first-order chi connectivity index (χ1) is 13.1. The number of benzene rings is 1. The number of aryl methyl sites for hydroxylation is 2. The molecule has 1 aromatic carbocycles. The van der Waals surface area contributed by atoms with Crippen molar-refractivity contribution in [3.8, 4) is 0 Å². The highest BCUT2D eigenvalue weighted by Gasteiger charge is 2.19. The molecule has 0 fully saturated rings. The third-order valence-electron chi connectivity index (χ3n) is 4.60. The van der Waals surface area contributed by atoms with Gasteiger partial charge < -0.3 is 15.6 Å². The second-order valence-electron chi connectivity index (χ2n) is 6.61. The third kappa shape index (κ3) is 6.15. The van der Waals surface area contributed by atoms with Crippen LogP contribution in [0.4, 0.5) is 0 Å². The van der Waals surface area contributed by atoms with Gasteiger partial charge in [0.25, 0.3) is 0 Å². The summed E-state index contributed by atoms with van der Waals surface area (Å²) >= 11 is 0. The number of rotatable bonds is 11. The number of aromatic nitrogens is 3. The Bertz CT molecular complexity index is 730. The molecule has 0 saturated heterocycles. The van der Waals surface area contributed by atoms with Crippen molar-refractivity contribution in [2.24, 2.45) is 5.73 Å². The minimum Gasteiger partial charge on any atom is -0.466 e. The number of hydrogen-bond donors (Lipinski definition) is 2. The molecular weight excluding hydrogens is 344 g/mol. The number of carbonyl (C=O) groups is 1. The van der Waals surface area contributed by atoms with Crippen LogP contribution in [0.25, 0.3) is 0 Å². The van der Waals surface area contributed by atoms with Gasteiger partial charge in [-0.05, 0) is 48.8 Å². The first-order valence-electron chi connectivity index (χ1n) is 9.58. The van der Waals surface area contributed by atoms with Crippen molar-refractivity contribution in [2.45, 2.75) is 65.1 Å². The van der Waals surface area contributed by atoms with Gasteiger partial charge in [0.05, 0.1) is 25.3 Å². The quantitative estimate of drug-likeness (QED) is 0.585. The summed E-state index contributed by atoms with van der Waals surface area (Å²) in [6.45, 7) is 5.42. The maximum Gasteiger partial charge on any atom is 0.306 e. The molecule has 0 amide bonds. The Morgan fingerprint density at radius 3 is 2.81 bits per heavy atom. The molecule has 0 aliphatic carbocycles. The van der Waals surface area contributed by atoms with E-state index in [2.05, 4.69) is 17.2 Å². The summed E-state index contributed by atoms with van der Waals surface area (Å²) in [7, 11) is 0. The van der Waals surface area contributed by atoms with E-state index in [0.29, 0.717) is 19.6 Å². The number of hydrogen-bond acceptors (Lipinski definition) is 6. The van der Waals surface area contributed by atoms with Crippen LogP contribution in [-0.2, 0) is 35.6 Å². The normalized spacial score (nSPS) is 12.1. The lowest BCUT2D eigenvalue weighted by molar-refractivity contribution is -0.143. The Labute approximate surface area is 160 Å². The van der Waals surface area contributed by atoms with E-state index < -0.39 is 0 Å². The van der Waals surface area contributed by atoms with E-state index in [0.717, 1.165) is 48.2 Å². The molecule has 7 nitrogen and oxygen atoms in total. The van der Waals surface area contributed by atoms with Crippen molar-refractivity contribution in [3.63, 3.8) is 0 Å². The summed E-state index contributed by atoms with van der Waals surface area (Å²) in [6, 6.07) is 5.86. The highest BCUT2D eigenvalue weighted by atomic mass is 16.5. The van der Waals surface area contributed by atoms with Crippen molar-refractivity contribution >= 4 is 5.97 Å². The second-order valence-corrected chi connectivity index (χ2v) is 6.61. The molecular formula is C20H30N4O3. The van der Waals surface area contributed by atoms with E-state index in [1.165, 1.54) is 0 Å². The summed E-state index contributed by atoms with van der Waals surface area (Å²) in [5.41, 5.74) is 9.37. The molecule has 2 rings (SSSR count). The lowest BCUT2D eigenvalue weighted by Crippen LogP contribution is -2.12. The van der Waals surface area contributed by atoms with Crippen LogP contribution in [0.15, 0.2) is 24.4 Å². The summed E-state index contributed by atoms with van der Waals surface area (Å²) in [4.78, 5) is 12.1. The topological polar surface area (TPSA) is 103 Å². The smallest absolute Gasteiger partial charge is 0.306 e. The van der Waals surface area contributed by atoms with E-state index in [-0.39, 0.29) is 18.5 Å². The van der Waals surface area contributed by atoms with Crippen LogP contribution in [0, 0.1) is 0 Å². The van der Waals surface area contributed by atoms with Gasteiger partial charge in [0.15, 0.2) is 0 Å². The van der Waals surface area contributed by atoms with Crippen molar-refractivity contribution in [1.82, 2.24) is 15.0 Å². The fraction of sp³-hybridized carbons (Fsp3) is 0.550. The zero-order valence-electron chi connectivity index (χ0n) is 16.2. The molecule has 148 valence electrons. The van der Waals surface area contributed by atoms with Crippen LogP contribution < -0.4 is 5.73 Å². The molecule has 1 aromatic heterocycles. The number of ether oxygens (including phenoxy) is 1. The first kappa shape index (κ1) is 21.1. The fourth-order valence-electron chi connectivity index (χ4n) is 3.17. The van der Waals surface area contributed by atoms with Crippen LogP contribution in [0.5, 0.6) is 0 Å². The molecule has 1 heterocycles. The number of nitrogens with zero attached hydrogens (tertiary/aromatic N) is 3. The number of carbonyl (C=O) groups excluding carboxylic acids is 1. The van der Waals surface area contributed by atoms with E-state index in [9.17, 15) is 9.90 Å². The molecule has 0 spiro atoms.